The van der Waals surface area contributed by atoms with Crippen LogP contribution in [-0.4, -0.2) is 25.0 Å². The van der Waals surface area contributed by atoms with Gasteiger partial charge in [0.05, 0.1) is 12.8 Å². The summed E-state index contributed by atoms with van der Waals surface area (Å²) >= 11 is 12.8. The van der Waals surface area contributed by atoms with Crippen LogP contribution in [-0.2, 0) is 16.0 Å². The number of methoxy groups -OCH3 is 1. The number of nitrogens with zero attached hydrogens (tertiary/aromatic N) is 1. The number of urea groups is 1. The zero-order valence-electron chi connectivity index (χ0n) is 20.2. The van der Waals surface area contributed by atoms with E-state index in [4.69, 9.17) is 27.9 Å². The lowest BCUT2D eigenvalue weighted by Crippen LogP contribution is -2.54. The van der Waals surface area contributed by atoms with Crippen LogP contribution < -0.4 is 15.0 Å². The van der Waals surface area contributed by atoms with E-state index in [2.05, 4.69) is 23.5 Å². The molecular formula is C28H24Cl2N2O4. The van der Waals surface area contributed by atoms with Gasteiger partial charge in [0.1, 0.15) is 11.3 Å². The van der Waals surface area contributed by atoms with Crippen LogP contribution >= 0.6 is 23.2 Å². The van der Waals surface area contributed by atoms with Crippen molar-refractivity contribution in [3.8, 4) is 5.75 Å². The van der Waals surface area contributed by atoms with E-state index < -0.39 is 17.8 Å². The molecule has 0 saturated carbocycles. The molecule has 3 aromatic rings. The van der Waals surface area contributed by atoms with Gasteiger partial charge in [0.25, 0.3) is 11.8 Å². The maximum absolute atomic E-state index is 13.3. The molecule has 4 amide bonds. The molecule has 184 valence electrons. The fourth-order valence-corrected chi connectivity index (χ4v) is 4.78. The molecule has 4 rings (SSSR count). The number of hydrogen-bond acceptors (Lipinski definition) is 4. The average molecular weight is 523 g/mol. The molecule has 0 radical (unpaired) electrons. The van der Waals surface area contributed by atoms with Crippen LogP contribution in [0.4, 0.5) is 10.5 Å². The van der Waals surface area contributed by atoms with Gasteiger partial charge in [-0.25, -0.2) is 9.69 Å². The molecule has 1 N–H and O–H groups in total. The molecule has 1 aliphatic heterocycles. The molecule has 36 heavy (non-hydrogen) atoms. The predicted molar refractivity (Wildman–Crippen MR) is 142 cm³/mol. The summed E-state index contributed by atoms with van der Waals surface area (Å²) in [5, 5.41) is 3.05. The Morgan fingerprint density at radius 2 is 1.64 bits per heavy atom. The van der Waals surface area contributed by atoms with Gasteiger partial charge in [0, 0.05) is 22.0 Å². The van der Waals surface area contributed by atoms with Gasteiger partial charge in [-0.05, 0) is 67.8 Å². The third kappa shape index (κ3) is 5.01. The van der Waals surface area contributed by atoms with Gasteiger partial charge in [0.2, 0.25) is 0 Å². The molecule has 0 bridgehead atoms. The van der Waals surface area contributed by atoms with Gasteiger partial charge in [-0.15, -0.1) is 0 Å². The Morgan fingerprint density at radius 3 is 2.31 bits per heavy atom. The molecule has 1 aliphatic rings. The highest BCUT2D eigenvalue weighted by Crippen LogP contribution is 2.33. The summed E-state index contributed by atoms with van der Waals surface area (Å²) in [5.74, 6) is -1.03. The van der Waals surface area contributed by atoms with E-state index >= 15 is 0 Å². The third-order valence-corrected chi connectivity index (χ3v) is 6.70. The first-order chi connectivity index (χ1) is 17.1. The van der Waals surface area contributed by atoms with Crippen molar-refractivity contribution < 1.29 is 19.1 Å². The number of amides is 4. The molecule has 0 spiro atoms. The van der Waals surface area contributed by atoms with E-state index in [1.165, 1.54) is 13.2 Å². The van der Waals surface area contributed by atoms with Crippen LogP contribution in [0.3, 0.4) is 0 Å². The van der Waals surface area contributed by atoms with Crippen LogP contribution in [0, 0.1) is 20.8 Å². The lowest BCUT2D eigenvalue weighted by atomic mass is 9.98. The second kappa shape index (κ2) is 10.2. The molecule has 1 fully saturated rings. The molecule has 6 nitrogen and oxygen atoms in total. The highest BCUT2D eigenvalue weighted by atomic mass is 35.5. The summed E-state index contributed by atoms with van der Waals surface area (Å²) in [6, 6.07) is 13.7. The number of barbiturate groups is 1. The smallest absolute Gasteiger partial charge is 0.335 e. The summed E-state index contributed by atoms with van der Waals surface area (Å²) in [6.45, 7) is 5.77. The maximum Gasteiger partial charge on any atom is 0.335 e. The van der Waals surface area contributed by atoms with Gasteiger partial charge in [-0.1, -0.05) is 58.6 Å². The summed E-state index contributed by atoms with van der Waals surface area (Å²) in [6.07, 6.45) is 1.95. The molecule has 0 atom stereocenters. The molecule has 0 aliphatic carbocycles. The molecule has 0 aromatic heterocycles. The van der Waals surface area contributed by atoms with E-state index in [-0.39, 0.29) is 5.57 Å². The molecule has 0 unspecified atom stereocenters. The van der Waals surface area contributed by atoms with Crippen molar-refractivity contribution in [2.45, 2.75) is 27.2 Å². The topological polar surface area (TPSA) is 75.7 Å². The highest BCUT2D eigenvalue weighted by Gasteiger charge is 2.37. The van der Waals surface area contributed by atoms with Crippen LogP contribution in [0.25, 0.3) is 6.08 Å². The fraction of sp³-hybridized carbons (Fsp3) is 0.179. The number of anilines is 1. The van der Waals surface area contributed by atoms with E-state index in [1.54, 1.807) is 37.3 Å². The van der Waals surface area contributed by atoms with Crippen molar-refractivity contribution in [2.24, 2.45) is 0 Å². The van der Waals surface area contributed by atoms with Gasteiger partial charge >= 0.3 is 6.03 Å². The molecule has 8 heteroatoms. The molecular weight excluding hydrogens is 499 g/mol. The Hall–Kier alpha value is -3.61. The van der Waals surface area contributed by atoms with Gasteiger partial charge < -0.3 is 4.74 Å². The lowest BCUT2D eigenvalue weighted by molar-refractivity contribution is -0.122. The van der Waals surface area contributed by atoms with Crippen molar-refractivity contribution in [1.82, 2.24) is 5.32 Å². The number of halogens is 2. The Kier molecular flexibility index (Phi) is 7.20. The first-order valence-electron chi connectivity index (χ1n) is 11.2. The summed E-state index contributed by atoms with van der Waals surface area (Å²) < 4.78 is 5.60. The predicted octanol–water partition coefficient (Wildman–Crippen LogP) is 6.18. The lowest BCUT2D eigenvalue weighted by Gasteiger charge is -2.27. The minimum atomic E-state index is -0.841. The first-order valence-corrected chi connectivity index (χ1v) is 11.9. The Labute approximate surface area is 219 Å². The van der Waals surface area contributed by atoms with Gasteiger partial charge in [-0.3, -0.25) is 14.9 Å². The number of carbonyl (C=O) groups is 3. The van der Waals surface area contributed by atoms with E-state index in [9.17, 15) is 14.4 Å². The Bertz CT molecular complexity index is 1430. The van der Waals surface area contributed by atoms with Crippen LogP contribution in [0.15, 0.2) is 54.1 Å². The number of rotatable bonds is 5. The Morgan fingerprint density at radius 1 is 0.944 bits per heavy atom. The summed E-state index contributed by atoms with van der Waals surface area (Å²) in [7, 11) is 1.54. The number of nitrogens with one attached hydrogen (secondary N) is 1. The number of ether oxygens (including phenoxy) is 1. The highest BCUT2D eigenvalue weighted by molar-refractivity contribution is 6.40. The first kappa shape index (κ1) is 25.5. The minimum Gasteiger partial charge on any atom is -0.496 e. The van der Waals surface area contributed by atoms with E-state index in [0.717, 1.165) is 27.2 Å². The minimum absolute atomic E-state index is 0.214. The quantitative estimate of drug-likeness (QED) is 0.320. The summed E-state index contributed by atoms with van der Waals surface area (Å²) in [4.78, 5) is 39.4. The monoisotopic (exact) mass is 522 g/mol. The number of aryl methyl sites for hydroxylation is 2. The SMILES string of the molecule is COc1cc(/C=C2\C(=O)NC(=O)N(c3cccc(Cl)c3C)C2=O)cc(Cl)c1Cc1cc(C)cc(C)c1. The molecule has 1 saturated heterocycles. The number of hydrogen-bond donors (Lipinski definition) is 1. The molecule has 1 heterocycles. The van der Waals surface area contributed by atoms with Crippen LogP contribution in [0.5, 0.6) is 5.75 Å². The number of benzene rings is 3. The van der Waals surface area contributed by atoms with E-state index in [1.807, 2.05) is 13.8 Å². The maximum atomic E-state index is 13.3. The zero-order valence-corrected chi connectivity index (χ0v) is 21.8. The summed E-state index contributed by atoms with van der Waals surface area (Å²) in [5.41, 5.74) is 5.28. The van der Waals surface area contributed by atoms with Crippen molar-refractivity contribution in [3.63, 3.8) is 0 Å². The standard InChI is InChI=1S/C28H24Cl2N2O4/c1-15-8-16(2)10-18(9-15)11-20-23(30)13-19(14-25(20)36-4)12-21-26(33)31-28(35)32(27(21)34)24-7-5-6-22(29)17(24)3/h5-10,12-14H,11H2,1-4H3,(H,31,33,35)/b21-12+. The number of carbonyl (C=O) groups excluding carboxylic acids is 3. The Balaban J connectivity index is 1.73. The van der Waals surface area contributed by atoms with Crippen molar-refractivity contribution in [3.05, 3.63) is 97.5 Å². The zero-order chi connectivity index (χ0) is 26.1. The van der Waals surface area contributed by atoms with Crippen LogP contribution in [0.2, 0.25) is 10.0 Å². The third-order valence-electron chi connectivity index (χ3n) is 5.95. The van der Waals surface area contributed by atoms with Crippen molar-refractivity contribution >= 4 is 52.8 Å². The largest absolute Gasteiger partial charge is 0.496 e. The fourth-order valence-electron chi connectivity index (χ4n) is 4.32. The van der Waals surface area contributed by atoms with Gasteiger partial charge in [-0.2, -0.15) is 0 Å². The molecule has 3 aromatic carbocycles. The normalized spacial score (nSPS) is 14.9. The van der Waals surface area contributed by atoms with Gasteiger partial charge in [0.15, 0.2) is 0 Å². The second-order valence-electron chi connectivity index (χ2n) is 8.70. The second-order valence-corrected chi connectivity index (χ2v) is 9.51. The number of imide groups is 2. The van der Waals surface area contributed by atoms with E-state index in [0.29, 0.717) is 39.0 Å². The van der Waals surface area contributed by atoms with Crippen molar-refractivity contribution in [2.75, 3.05) is 12.0 Å². The average Bonchev–Trinajstić information content (AvgIpc) is 2.80. The van der Waals surface area contributed by atoms with Crippen molar-refractivity contribution in [1.29, 1.82) is 0 Å². The van der Waals surface area contributed by atoms with Crippen LogP contribution in [0.1, 0.15) is 33.4 Å².